The Hall–Kier alpha value is -5.43. The number of fused-ring (bicyclic) bond motifs is 1. The molecule has 2 N–H and O–H groups in total. The zero-order valence-electron chi connectivity index (χ0n) is 32.4. The number of hydrogen-bond acceptors (Lipinski definition) is 15. The summed E-state index contributed by atoms with van der Waals surface area (Å²) in [6.45, 7) is 5.94. The van der Waals surface area contributed by atoms with E-state index in [0.717, 1.165) is 5.56 Å². The Morgan fingerprint density at radius 3 is 2.26 bits per heavy atom. The molecule has 19 heteroatoms. The molecule has 19 nitrogen and oxygen atoms in total. The third kappa shape index (κ3) is 13.9. The molecule has 1 saturated heterocycles. The van der Waals surface area contributed by atoms with Gasteiger partial charge in [0.25, 0.3) is 5.91 Å². The predicted octanol–water partition coefficient (Wildman–Crippen LogP) is 3.26. The number of carbonyl (C=O) groups is 4. The Morgan fingerprint density at radius 2 is 1.61 bits per heavy atom. The Labute approximate surface area is 328 Å². The standard InChI is InChI=1S/C38H49N5O14/c1-24(45)52-23-34-37(55-26(3)47)33(54-25(2)46)20-35(57-34)56-29-8-5-27(6-9-29)22-53-32-10-7-28(21-44)30-19-31(43(4)36(30)32)38(48)40-11-13-49-15-17-51-18-16-50-14-12-41-42-39/h5-10,19,33-35,37,44H,11-18,20-23H2,1-4H3,(H,40,48)/t33-,34-,35-,37-/m1/s1. The summed E-state index contributed by atoms with van der Waals surface area (Å²) in [7, 11) is 1.75. The van der Waals surface area contributed by atoms with Gasteiger partial charge in [-0.1, -0.05) is 23.3 Å². The Kier molecular flexibility index (Phi) is 17.8. The van der Waals surface area contributed by atoms with Gasteiger partial charge in [-0.3, -0.25) is 19.2 Å². The van der Waals surface area contributed by atoms with Crippen molar-refractivity contribution in [2.24, 2.45) is 12.2 Å². The lowest BCUT2D eigenvalue weighted by Crippen LogP contribution is -2.54. The number of hydrogen-bond donors (Lipinski definition) is 2. The van der Waals surface area contributed by atoms with E-state index in [4.69, 9.17) is 48.2 Å². The maximum absolute atomic E-state index is 13.2. The van der Waals surface area contributed by atoms with Crippen LogP contribution < -0.4 is 14.8 Å². The van der Waals surface area contributed by atoms with E-state index in [0.29, 0.717) is 66.7 Å². The normalized spacial score (nSPS) is 17.6. The van der Waals surface area contributed by atoms with Crippen molar-refractivity contribution in [2.75, 3.05) is 59.3 Å². The van der Waals surface area contributed by atoms with Crippen LogP contribution in [-0.4, -0.2) is 117 Å². The van der Waals surface area contributed by atoms with Crippen molar-refractivity contribution in [3.8, 4) is 11.5 Å². The number of amides is 1. The zero-order chi connectivity index (χ0) is 41.2. The molecule has 1 aliphatic rings. The van der Waals surface area contributed by atoms with Crippen molar-refractivity contribution >= 4 is 34.7 Å². The second-order valence-corrected chi connectivity index (χ2v) is 12.7. The minimum Gasteiger partial charge on any atom is -0.487 e. The first-order valence-electron chi connectivity index (χ1n) is 18.3. The number of aliphatic hydroxyl groups is 1. The van der Waals surface area contributed by atoms with Crippen molar-refractivity contribution in [3.63, 3.8) is 0 Å². The minimum atomic E-state index is -1.02. The third-order valence-electron chi connectivity index (χ3n) is 8.47. The summed E-state index contributed by atoms with van der Waals surface area (Å²) >= 11 is 0. The third-order valence-corrected chi connectivity index (χ3v) is 8.47. The first-order chi connectivity index (χ1) is 27.5. The average molecular weight is 800 g/mol. The van der Waals surface area contributed by atoms with E-state index in [9.17, 15) is 24.3 Å². The number of aryl methyl sites for hydroxylation is 1. The quantitative estimate of drug-likeness (QED) is 0.0350. The van der Waals surface area contributed by atoms with Crippen molar-refractivity contribution in [2.45, 2.75) is 65.0 Å². The fourth-order valence-corrected chi connectivity index (χ4v) is 5.93. The number of azide groups is 1. The van der Waals surface area contributed by atoms with Gasteiger partial charge in [0.05, 0.1) is 58.2 Å². The van der Waals surface area contributed by atoms with Gasteiger partial charge >= 0.3 is 17.9 Å². The van der Waals surface area contributed by atoms with Gasteiger partial charge in [0.2, 0.25) is 6.29 Å². The highest BCUT2D eigenvalue weighted by Crippen LogP contribution is 2.33. The van der Waals surface area contributed by atoms with Gasteiger partial charge in [-0.25, -0.2) is 0 Å². The molecule has 2 heterocycles. The van der Waals surface area contributed by atoms with Gasteiger partial charge in [0.15, 0.2) is 6.10 Å². The Morgan fingerprint density at radius 1 is 0.930 bits per heavy atom. The van der Waals surface area contributed by atoms with Crippen molar-refractivity contribution in [1.29, 1.82) is 0 Å². The minimum absolute atomic E-state index is 0.0414. The van der Waals surface area contributed by atoms with Crippen LogP contribution >= 0.6 is 0 Å². The number of aromatic nitrogens is 1. The molecule has 4 rings (SSSR count). The highest BCUT2D eigenvalue weighted by molar-refractivity contribution is 6.01. The molecule has 0 spiro atoms. The van der Waals surface area contributed by atoms with Gasteiger partial charge in [-0.05, 0) is 40.9 Å². The van der Waals surface area contributed by atoms with E-state index in [1.165, 1.54) is 20.8 Å². The maximum atomic E-state index is 13.2. The monoisotopic (exact) mass is 799 g/mol. The smallest absolute Gasteiger partial charge is 0.303 e. The van der Waals surface area contributed by atoms with E-state index in [2.05, 4.69) is 15.3 Å². The zero-order valence-corrected chi connectivity index (χ0v) is 32.4. The molecule has 57 heavy (non-hydrogen) atoms. The number of nitrogens with one attached hydrogen (secondary N) is 1. The molecule has 0 radical (unpaired) electrons. The van der Waals surface area contributed by atoms with Crippen molar-refractivity contribution < 1.29 is 66.9 Å². The van der Waals surface area contributed by atoms with Crippen LogP contribution in [0.2, 0.25) is 0 Å². The summed E-state index contributed by atoms with van der Waals surface area (Å²) in [5, 5.41) is 16.9. The summed E-state index contributed by atoms with van der Waals surface area (Å²) in [6, 6.07) is 12.2. The number of ether oxygens (including phenoxy) is 9. The molecule has 1 fully saturated rings. The van der Waals surface area contributed by atoms with Crippen LogP contribution in [0.1, 0.15) is 48.8 Å². The van der Waals surface area contributed by atoms with Gasteiger partial charge in [-0.15, -0.1) is 0 Å². The molecule has 2 aromatic carbocycles. The lowest BCUT2D eigenvalue weighted by molar-refractivity contribution is -0.245. The van der Waals surface area contributed by atoms with Gasteiger partial charge in [0, 0.05) is 51.2 Å². The molecule has 0 bridgehead atoms. The van der Waals surface area contributed by atoms with Crippen LogP contribution in [0.4, 0.5) is 0 Å². The highest BCUT2D eigenvalue weighted by Gasteiger charge is 2.44. The summed E-state index contributed by atoms with van der Waals surface area (Å²) in [5.41, 5.74) is 10.7. The molecule has 3 aromatic rings. The first-order valence-corrected chi connectivity index (χ1v) is 18.3. The van der Waals surface area contributed by atoms with Crippen LogP contribution in [0.3, 0.4) is 0 Å². The molecular formula is C38H49N5O14. The van der Waals surface area contributed by atoms with E-state index in [-0.39, 0.29) is 51.8 Å². The second kappa shape index (κ2) is 23.0. The van der Waals surface area contributed by atoms with Gasteiger partial charge in [0.1, 0.15) is 42.6 Å². The first kappa shape index (κ1) is 44.3. The summed E-state index contributed by atoms with van der Waals surface area (Å²) in [4.78, 5) is 51.0. The van der Waals surface area contributed by atoms with Crippen LogP contribution in [0, 0.1) is 0 Å². The van der Waals surface area contributed by atoms with E-state index >= 15 is 0 Å². The summed E-state index contributed by atoms with van der Waals surface area (Å²) < 4.78 is 52.1. The maximum Gasteiger partial charge on any atom is 0.303 e. The molecule has 310 valence electrons. The SMILES string of the molecule is CC(=O)OC[C@H]1O[C@@H](Oc2ccc(COc3ccc(CO)c4cc(C(=O)NCCOCCOCCOCCN=[N+]=[N-])n(C)c34)cc2)C[C@@H](OC(C)=O)[C@H]1OC(C)=O. The van der Waals surface area contributed by atoms with Crippen molar-refractivity contribution in [3.05, 3.63) is 69.7 Å². The van der Waals surface area contributed by atoms with E-state index in [1.54, 1.807) is 54.1 Å². The average Bonchev–Trinajstić information content (AvgIpc) is 3.53. The lowest BCUT2D eigenvalue weighted by Gasteiger charge is -2.39. The van der Waals surface area contributed by atoms with Crippen LogP contribution in [0.25, 0.3) is 21.3 Å². The van der Waals surface area contributed by atoms with E-state index < -0.39 is 42.5 Å². The number of aliphatic hydroxyl groups excluding tert-OH is 1. The van der Waals surface area contributed by atoms with Crippen LogP contribution in [-0.2, 0) is 67.8 Å². The lowest BCUT2D eigenvalue weighted by atomic mass is 10.0. The molecule has 1 aliphatic heterocycles. The Bertz CT molecular complexity index is 1850. The predicted molar refractivity (Wildman–Crippen MR) is 200 cm³/mol. The van der Waals surface area contributed by atoms with Crippen LogP contribution in [0.5, 0.6) is 11.5 Å². The number of carbonyl (C=O) groups excluding carboxylic acids is 4. The van der Waals surface area contributed by atoms with Crippen molar-refractivity contribution in [1.82, 2.24) is 9.88 Å². The molecule has 4 atom stereocenters. The molecule has 0 unspecified atom stereocenters. The second-order valence-electron chi connectivity index (χ2n) is 12.7. The fourth-order valence-electron chi connectivity index (χ4n) is 5.93. The molecular weight excluding hydrogens is 750 g/mol. The fraction of sp³-hybridized carbons (Fsp3) is 0.526. The Balaban J connectivity index is 1.31. The van der Waals surface area contributed by atoms with Gasteiger partial charge < -0.3 is 57.6 Å². The molecule has 1 aromatic heterocycles. The van der Waals surface area contributed by atoms with E-state index in [1.807, 2.05) is 0 Å². The highest BCUT2D eigenvalue weighted by atomic mass is 16.7. The number of rotatable bonds is 23. The largest absolute Gasteiger partial charge is 0.487 e. The topological polar surface area (TPSA) is 237 Å². The molecule has 0 saturated carbocycles. The van der Waals surface area contributed by atoms with Gasteiger partial charge in [-0.2, -0.15) is 0 Å². The molecule has 1 amide bonds. The number of nitrogens with zero attached hydrogens (tertiary/aromatic N) is 4. The molecule has 0 aliphatic carbocycles. The summed E-state index contributed by atoms with van der Waals surface area (Å²) in [6.07, 6.45) is -3.78. The van der Waals surface area contributed by atoms with Crippen LogP contribution in [0.15, 0.2) is 47.6 Å². The number of benzene rings is 2. The number of esters is 3. The summed E-state index contributed by atoms with van der Waals surface area (Å²) in [5.74, 6) is -1.17.